The van der Waals surface area contributed by atoms with Crippen LogP contribution < -0.4 is 10.1 Å². The van der Waals surface area contributed by atoms with Crippen LogP contribution in [0.4, 0.5) is 0 Å². The summed E-state index contributed by atoms with van der Waals surface area (Å²) in [5, 5.41) is 2.87. The number of nitrogens with zero attached hydrogens (tertiary/aromatic N) is 2. The zero-order chi connectivity index (χ0) is 19.6. The number of nitrogens with one attached hydrogen (secondary N) is 1. The lowest BCUT2D eigenvalue weighted by Crippen LogP contribution is -2.56. The minimum Gasteiger partial charge on any atom is -0.494 e. The van der Waals surface area contributed by atoms with Gasteiger partial charge in [-0.25, -0.2) is 0 Å². The number of hydrogen-bond acceptors (Lipinski definition) is 4. The maximum atomic E-state index is 12.7. The lowest BCUT2D eigenvalue weighted by Gasteiger charge is -2.35. The van der Waals surface area contributed by atoms with Crippen LogP contribution in [0.5, 0.6) is 5.75 Å². The molecule has 2 rings (SSSR count). The normalized spacial score (nSPS) is 17.1. The van der Waals surface area contributed by atoms with Crippen LogP contribution in [-0.4, -0.2) is 60.4 Å². The first-order valence-electron chi connectivity index (χ1n) is 9.32. The molecule has 1 fully saturated rings. The van der Waals surface area contributed by atoms with Crippen LogP contribution in [0.2, 0.25) is 0 Å². The highest BCUT2D eigenvalue weighted by atomic mass is 16.5. The van der Waals surface area contributed by atoms with Crippen LogP contribution in [0.15, 0.2) is 49.6 Å². The molecule has 0 radical (unpaired) electrons. The van der Waals surface area contributed by atoms with Crippen molar-refractivity contribution in [3.63, 3.8) is 0 Å². The van der Waals surface area contributed by atoms with Crippen molar-refractivity contribution >= 4 is 11.8 Å². The second kappa shape index (κ2) is 10.5. The third-order valence-corrected chi connectivity index (χ3v) is 4.48. The van der Waals surface area contributed by atoms with Crippen LogP contribution >= 0.6 is 0 Å². The summed E-state index contributed by atoms with van der Waals surface area (Å²) in [6.45, 7) is 12.7. The number of rotatable bonds is 10. The molecule has 0 aromatic heterocycles. The van der Waals surface area contributed by atoms with Gasteiger partial charge in [0.1, 0.15) is 5.75 Å². The Hall–Kier alpha value is -2.60. The lowest BCUT2D eigenvalue weighted by atomic mass is 10.1. The molecule has 1 aromatic carbocycles. The standard InChI is InChI=1S/C21H29N3O3/c1-4-12-23(13-5-2)20(25)15-19-21(26)22-11-14-24(19)16-17-7-9-18(10-8-17)27-6-3/h4-5,7-10,19H,1-2,6,11-16H2,3H3,(H,22,26). The molecule has 0 aliphatic carbocycles. The Balaban J connectivity index is 2.07. The summed E-state index contributed by atoms with van der Waals surface area (Å²) >= 11 is 0. The van der Waals surface area contributed by atoms with E-state index in [1.807, 2.05) is 31.2 Å². The number of carbonyl (C=O) groups is 2. The van der Waals surface area contributed by atoms with E-state index in [4.69, 9.17) is 4.74 Å². The summed E-state index contributed by atoms with van der Waals surface area (Å²) in [5.74, 6) is 0.653. The molecular formula is C21H29N3O3. The summed E-state index contributed by atoms with van der Waals surface area (Å²) in [6, 6.07) is 7.38. The summed E-state index contributed by atoms with van der Waals surface area (Å²) < 4.78 is 5.47. The van der Waals surface area contributed by atoms with E-state index < -0.39 is 6.04 Å². The minimum atomic E-state index is -0.477. The molecule has 0 bridgehead atoms. The topological polar surface area (TPSA) is 61.9 Å². The molecule has 1 unspecified atom stereocenters. The number of carbonyl (C=O) groups excluding carboxylic acids is 2. The van der Waals surface area contributed by atoms with Gasteiger partial charge in [0.05, 0.1) is 19.1 Å². The number of ether oxygens (including phenoxy) is 1. The Morgan fingerprint density at radius 2 is 1.96 bits per heavy atom. The number of piperazine rings is 1. The van der Waals surface area contributed by atoms with Crippen molar-refractivity contribution in [2.45, 2.75) is 25.9 Å². The van der Waals surface area contributed by atoms with E-state index in [2.05, 4.69) is 23.4 Å². The molecule has 1 aliphatic heterocycles. The molecule has 6 nitrogen and oxygen atoms in total. The third kappa shape index (κ3) is 5.96. The molecule has 0 spiro atoms. The van der Waals surface area contributed by atoms with Crippen LogP contribution in [-0.2, 0) is 16.1 Å². The van der Waals surface area contributed by atoms with Crippen LogP contribution in [0.3, 0.4) is 0 Å². The second-order valence-corrected chi connectivity index (χ2v) is 6.43. The summed E-state index contributed by atoms with van der Waals surface area (Å²) in [7, 11) is 0. The Morgan fingerprint density at radius 3 is 2.56 bits per heavy atom. The van der Waals surface area contributed by atoms with E-state index >= 15 is 0 Å². The smallest absolute Gasteiger partial charge is 0.237 e. The summed E-state index contributed by atoms with van der Waals surface area (Å²) in [5.41, 5.74) is 1.08. The predicted molar refractivity (Wildman–Crippen MR) is 106 cm³/mol. The Morgan fingerprint density at radius 1 is 1.30 bits per heavy atom. The fraction of sp³-hybridized carbons (Fsp3) is 0.429. The van der Waals surface area contributed by atoms with E-state index in [-0.39, 0.29) is 18.2 Å². The van der Waals surface area contributed by atoms with Gasteiger partial charge in [-0.3, -0.25) is 14.5 Å². The Kier molecular flexibility index (Phi) is 8.07. The zero-order valence-electron chi connectivity index (χ0n) is 16.0. The maximum absolute atomic E-state index is 12.7. The van der Waals surface area contributed by atoms with Gasteiger partial charge in [-0.2, -0.15) is 0 Å². The number of amides is 2. The summed E-state index contributed by atoms with van der Waals surface area (Å²) in [6.07, 6.45) is 3.50. The fourth-order valence-corrected chi connectivity index (χ4v) is 3.15. The molecule has 2 amide bonds. The Labute approximate surface area is 161 Å². The molecule has 1 atom stereocenters. The first kappa shape index (κ1) is 20.7. The predicted octanol–water partition coefficient (Wildman–Crippen LogP) is 1.98. The van der Waals surface area contributed by atoms with Crippen molar-refractivity contribution in [2.75, 3.05) is 32.8 Å². The first-order chi connectivity index (χ1) is 13.1. The van der Waals surface area contributed by atoms with Crippen molar-refractivity contribution in [1.82, 2.24) is 15.1 Å². The van der Waals surface area contributed by atoms with Crippen LogP contribution in [0, 0.1) is 0 Å². The highest BCUT2D eigenvalue weighted by molar-refractivity contribution is 5.89. The molecule has 146 valence electrons. The van der Waals surface area contributed by atoms with E-state index in [1.54, 1.807) is 17.1 Å². The van der Waals surface area contributed by atoms with Gasteiger partial charge in [-0.1, -0.05) is 24.3 Å². The zero-order valence-corrected chi connectivity index (χ0v) is 16.0. The van der Waals surface area contributed by atoms with E-state index in [0.717, 1.165) is 11.3 Å². The van der Waals surface area contributed by atoms with Gasteiger partial charge in [0.2, 0.25) is 11.8 Å². The van der Waals surface area contributed by atoms with Crippen molar-refractivity contribution in [1.29, 1.82) is 0 Å². The van der Waals surface area contributed by atoms with Gasteiger partial charge in [0, 0.05) is 32.7 Å². The Bertz CT molecular complexity index is 647. The molecule has 27 heavy (non-hydrogen) atoms. The van der Waals surface area contributed by atoms with Crippen molar-refractivity contribution in [2.24, 2.45) is 0 Å². The van der Waals surface area contributed by atoms with Crippen molar-refractivity contribution in [3.8, 4) is 5.75 Å². The van der Waals surface area contributed by atoms with Crippen molar-refractivity contribution < 1.29 is 14.3 Å². The van der Waals surface area contributed by atoms with Crippen LogP contribution in [0.1, 0.15) is 18.9 Å². The van der Waals surface area contributed by atoms with Gasteiger partial charge in [-0.05, 0) is 24.6 Å². The average molecular weight is 371 g/mol. The highest BCUT2D eigenvalue weighted by Crippen LogP contribution is 2.18. The molecule has 1 heterocycles. The number of benzene rings is 1. The van der Waals surface area contributed by atoms with E-state index in [0.29, 0.717) is 39.3 Å². The SMILES string of the molecule is C=CCN(CC=C)C(=O)CC1C(=O)NCCN1Cc1ccc(OCC)cc1. The summed E-state index contributed by atoms with van der Waals surface area (Å²) in [4.78, 5) is 28.8. The molecule has 1 N–H and O–H groups in total. The lowest BCUT2D eigenvalue weighted by molar-refractivity contribution is -0.138. The van der Waals surface area contributed by atoms with Gasteiger partial charge >= 0.3 is 0 Å². The molecule has 1 aliphatic rings. The van der Waals surface area contributed by atoms with Gasteiger partial charge < -0.3 is 15.0 Å². The van der Waals surface area contributed by atoms with Gasteiger partial charge in [0.25, 0.3) is 0 Å². The third-order valence-electron chi connectivity index (χ3n) is 4.48. The van der Waals surface area contributed by atoms with Crippen molar-refractivity contribution in [3.05, 3.63) is 55.1 Å². The fourth-order valence-electron chi connectivity index (χ4n) is 3.15. The molecular weight excluding hydrogens is 342 g/mol. The van der Waals surface area contributed by atoms with Gasteiger partial charge in [0.15, 0.2) is 0 Å². The number of hydrogen-bond donors (Lipinski definition) is 1. The quantitative estimate of drug-likeness (QED) is 0.639. The maximum Gasteiger partial charge on any atom is 0.237 e. The molecule has 6 heteroatoms. The molecule has 1 aromatic rings. The molecule has 1 saturated heterocycles. The van der Waals surface area contributed by atoms with E-state index in [1.165, 1.54) is 0 Å². The monoisotopic (exact) mass is 371 g/mol. The van der Waals surface area contributed by atoms with E-state index in [9.17, 15) is 9.59 Å². The van der Waals surface area contributed by atoms with Crippen LogP contribution in [0.25, 0.3) is 0 Å². The average Bonchev–Trinajstić information content (AvgIpc) is 2.66. The molecule has 0 saturated carbocycles. The second-order valence-electron chi connectivity index (χ2n) is 6.43. The largest absolute Gasteiger partial charge is 0.494 e. The van der Waals surface area contributed by atoms with Gasteiger partial charge in [-0.15, -0.1) is 13.2 Å². The minimum absolute atomic E-state index is 0.0754. The highest BCUT2D eigenvalue weighted by Gasteiger charge is 2.32. The first-order valence-corrected chi connectivity index (χ1v) is 9.32.